The highest BCUT2D eigenvalue weighted by atomic mass is 79.9. The van der Waals surface area contributed by atoms with Gasteiger partial charge in [-0.1, -0.05) is 0 Å². The molecule has 0 aliphatic carbocycles. The molecule has 1 aromatic carbocycles. The summed E-state index contributed by atoms with van der Waals surface area (Å²) in [5.41, 5.74) is 0.599. The lowest BCUT2D eigenvalue weighted by atomic mass is 10.1. The molecule has 0 saturated carbocycles. The number of nitriles is 1. The molecular formula is C11H8BrNO3. The van der Waals surface area contributed by atoms with Crippen molar-refractivity contribution in [2.24, 2.45) is 0 Å². The standard InChI is InChI=1S/C11H8BrNO3/c1-2-16-11(15)10-8(6-14)3-7(5-13)4-9(10)12/h3-4,6H,2H2,1H3. The first kappa shape index (κ1) is 12.4. The second-order valence-electron chi connectivity index (χ2n) is 2.87. The Hall–Kier alpha value is -1.67. The zero-order valence-electron chi connectivity index (χ0n) is 8.49. The Balaban J connectivity index is 3.33. The number of ether oxygens (including phenoxy) is 1. The number of hydrogen-bond acceptors (Lipinski definition) is 4. The topological polar surface area (TPSA) is 67.2 Å². The Morgan fingerprint density at radius 2 is 2.31 bits per heavy atom. The van der Waals surface area contributed by atoms with Gasteiger partial charge in [-0.05, 0) is 35.0 Å². The van der Waals surface area contributed by atoms with Crippen molar-refractivity contribution in [3.05, 3.63) is 33.3 Å². The molecule has 0 amide bonds. The summed E-state index contributed by atoms with van der Waals surface area (Å²) in [6, 6.07) is 4.72. The highest BCUT2D eigenvalue weighted by molar-refractivity contribution is 9.10. The number of carbonyl (C=O) groups excluding carboxylic acids is 2. The van der Waals surface area contributed by atoms with Crippen LogP contribution in [0.15, 0.2) is 16.6 Å². The van der Waals surface area contributed by atoms with Crippen LogP contribution in [0.3, 0.4) is 0 Å². The summed E-state index contributed by atoms with van der Waals surface area (Å²) in [7, 11) is 0. The molecule has 0 aliphatic rings. The molecule has 1 rings (SSSR count). The average molecular weight is 282 g/mol. The molecule has 4 nitrogen and oxygen atoms in total. The van der Waals surface area contributed by atoms with Crippen molar-refractivity contribution < 1.29 is 14.3 Å². The van der Waals surface area contributed by atoms with Crippen molar-refractivity contribution in [3.8, 4) is 6.07 Å². The van der Waals surface area contributed by atoms with Crippen LogP contribution >= 0.6 is 15.9 Å². The number of aldehydes is 1. The van der Waals surface area contributed by atoms with Crippen LogP contribution in [0.1, 0.15) is 33.2 Å². The van der Waals surface area contributed by atoms with Crippen molar-refractivity contribution in [3.63, 3.8) is 0 Å². The molecule has 0 fully saturated rings. The van der Waals surface area contributed by atoms with Gasteiger partial charge in [-0.2, -0.15) is 5.26 Å². The number of rotatable bonds is 3. The van der Waals surface area contributed by atoms with E-state index in [-0.39, 0.29) is 17.7 Å². The zero-order chi connectivity index (χ0) is 12.1. The van der Waals surface area contributed by atoms with Gasteiger partial charge in [0.15, 0.2) is 6.29 Å². The molecule has 0 spiro atoms. The van der Waals surface area contributed by atoms with Crippen LogP contribution in [0.25, 0.3) is 0 Å². The highest BCUT2D eigenvalue weighted by Gasteiger charge is 2.17. The number of carbonyl (C=O) groups is 2. The van der Waals surface area contributed by atoms with E-state index in [0.717, 1.165) is 0 Å². The Morgan fingerprint density at radius 3 is 2.81 bits per heavy atom. The third kappa shape index (κ3) is 2.47. The summed E-state index contributed by atoms with van der Waals surface area (Å²) in [6.45, 7) is 1.90. The number of benzene rings is 1. The van der Waals surface area contributed by atoms with Crippen molar-refractivity contribution >= 4 is 28.2 Å². The van der Waals surface area contributed by atoms with Crippen LogP contribution in [0.5, 0.6) is 0 Å². The quantitative estimate of drug-likeness (QED) is 0.630. The van der Waals surface area contributed by atoms with Crippen molar-refractivity contribution in [1.82, 2.24) is 0 Å². The van der Waals surface area contributed by atoms with Crippen LogP contribution in [-0.4, -0.2) is 18.9 Å². The van der Waals surface area contributed by atoms with Gasteiger partial charge < -0.3 is 4.74 Å². The first-order valence-corrected chi connectivity index (χ1v) is 5.29. The molecule has 0 N–H and O–H groups in total. The summed E-state index contributed by atoms with van der Waals surface area (Å²) in [5, 5.41) is 8.71. The highest BCUT2D eigenvalue weighted by Crippen LogP contribution is 2.23. The van der Waals surface area contributed by atoms with E-state index in [4.69, 9.17) is 10.00 Å². The van der Waals surface area contributed by atoms with E-state index < -0.39 is 5.97 Å². The smallest absolute Gasteiger partial charge is 0.340 e. The normalized spacial score (nSPS) is 9.31. The summed E-state index contributed by atoms with van der Waals surface area (Å²) in [4.78, 5) is 22.4. The lowest BCUT2D eigenvalue weighted by Crippen LogP contribution is -2.09. The molecular weight excluding hydrogens is 274 g/mol. The van der Waals surface area contributed by atoms with E-state index in [0.29, 0.717) is 16.3 Å². The fourth-order valence-electron chi connectivity index (χ4n) is 1.20. The predicted octanol–water partition coefficient (Wildman–Crippen LogP) is 2.31. The summed E-state index contributed by atoms with van der Waals surface area (Å²) < 4.78 is 5.20. The van der Waals surface area contributed by atoms with Crippen LogP contribution in [0.2, 0.25) is 0 Å². The molecule has 0 unspecified atom stereocenters. The van der Waals surface area contributed by atoms with Gasteiger partial charge in [0, 0.05) is 10.0 Å². The molecule has 82 valence electrons. The minimum atomic E-state index is -0.582. The molecule has 0 atom stereocenters. The lowest BCUT2D eigenvalue weighted by molar-refractivity contribution is 0.0523. The first-order chi connectivity index (χ1) is 7.63. The average Bonchev–Trinajstić information content (AvgIpc) is 2.27. The van der Waals surface area contributed by atoms with Gasteiger partial charge >= 0.3 is 5.97 Å². The maximum atomic E-state index is 11.6. The Bertz CT molecular complexity index is 477. The number of halogens is 1. The summed E-state index contributed by atoms with van der Waals surface area (Å²) in [6.07, 6.45) is 0.526. The number of hydrogen-bond donors (Lipinski definition) is 0. The molecule has 0 aliphatic heterocycles. The summed E-state index contributed by atoms with van der Waals surface area (Å²) in [5.74, 6) is -0.582. The van der Waals surface area contributed by atoms with E-state index in [2.05, 4.69) is 15.9 Å². The molecule has 5 heteroatoms. The van der Waals surface area contributed by atoms with E-state index in [1.165, 1.54) is 12.1 Å². The Kier molecular flexibility index (Phi) is 4.20. The molecule has 0 heterocycles. The van der Waals surface area contributed by atoms with Gasteiger partial charge in [-0.25, -0.2) is 4.79 Å². The molecule has 0 bridgehead atoms. The van der Waals surface area contributed by atoms with Crippen molar-refractivity contribution in [2.45, 2.75) is 6.92 Å². The third-order valence-corrected chi connectivity index (χ3v) is 2.48. The van der Waals surface area contributed by atoms with Gasteiger partial charge in [-0.15, -0.1) is 0 Å². The molecule has 1 aromatic rings. The van der Waals surface area contributed by atoms with Crippen molar-refractivity contribution in [1.29, 1.82) is 5.26 Å². The number of esters is 1. The van der Waals surface area contributed by atoms with Crippen LogP contribution in [0.4, 0.5) is 0 Å². The van der Waals surface area contributed by atoms with Crippen LogP contribution in [0, 0.1) is 11.3 Å². The van der Waals surface area contributed by atoms with Gasteiger partial charge in [0.25, 0.3) is 0 Å². The number of nitrogens with zero attached hydrogens (tertiary/aromatic N) is 1. The zero-order valence-corrected chi connectivity index (χ0v) is 10.1. The van der Waals surface area contributed by atoms with Gasteiger partial charge in [0.1, 0.15) is 0 Å². The van der Waals surface area contributed by atoms with E-state index in [9.17, 15) is 9.59 Å². The second-order valence-corrected chi connectivity index (χ2v) is 3.73. The predicted molar refractivity (Wildman–Crippen MR) is 60.2 cm³/mol. The van der Waals surface area contributed by atoms with E-state index in [1.807, 2.05) is 6.07 Å². The fraction of sp³-hybridized carbons (Fsp3) is 0.182. The molecule has 16 heavy (non-hydrogen) atoms. The Labute approximate surface area is 101 Å². The maximum absolute atomic E-state index is 11.6. The minimum absolute atomic E-state index is 0.143. The van der Waals surface area contributed by atoms with E-state index >= 15 is 0 Å². The van der Waals surface area contributed by atoms with Gasteiger partial charge in [0.05, 0.1) is 23.8 Å². The molecule has 0 radical (unpaired) electrons. The van der Waals surface area contributed by atoms with E-state index in [1.54, 1.807) is 6.92 Å². The summed E-state index contributed by atoms with van der Waals surface area (Å²) >= 11 is 3.14. The monoisotopic (exact) mass is 281 g/mol. The second kappa shape index (κ2) is 5.42. The van der Waals surface area contributed by atoms with Gasteiger partial charge in [0.2, 0.25) is 0 Å². The molecule has 0 aromatic heterocycles. The first-order valence-electron chi connectivity index (χ1n) is 4.50. The van der Waals surface area contributed by atoms with Gasteiger partial charge in [-0.3, -0.25) is 4.79 Å². The minimum Gasteiger partial charge on any atom is -0.462 e. The fourth-order valence-corrected chi connectivity index (χ4v) is 1.84. The van der Waals surface area contributed by atoms with Crippen LogP contribution in [-0.2, 0) is 4.74 Å². The van der Waals surface area contributed by atoms with Crippen LogP contribution < -0.4 is 0 Å². The Morgan fingerprint density at radius 1 is 1.62 bits per heavy atom. The van der Waals surface area contributed by atoms with Crippen molar-refractivity contribution in [2.75, 3.05) is 6.61 Å². The molecule has 0 saturated heterocycles. The third-order valence-electron chi connectivity index (χ3n) is 1.86. The lowest BCUT2D eigenvalue weighted by Gasteiger charge is -2.07. The SMILES string of the molecule is CCOC(=O)c1c(Br)cc(C#N)cc1C=O. The largest absolute Gasteiger partial charge is 0.462 e. The maximum Gasteiger partial charge on any atom is 0.340 e.